The van der Waals surface area contributed by atoms with Gasteiger partial charge in [0.1, 0.15) is 0 Å². The van der Waals surface area contributed by atoms with Crippen molar-refractivity contribution in [2.75, 3.05) is 6.54 Å². The van der Waals surface area contributed by atoms with E-state index in [1.807, 2.05) is 40.1 Å². The standard InChI is InChI=1S/C11H20N4O/c1-11(2,3)13-8-10(16)12-7-9-5-6-15(4)14-9/h5-6,13H,7-8H2,1-4H3,(H,12,16). The molecule has 1 rings (SSSR count). The van der Waals surface area contributed by atoms with Gasteiger partial charge in [-0.1, -0.05) is 0 Å². The fourth-order valence-electron chi connectivity index (χ4n) is 1.15. The summed E-state index contributed by atoms with van der Waals surface area (Å²) in [6.45, 7) is 6.89. The molecule has 1 aromatic heterocycles. The van der Waals surface area contributed by atoms with E-state index >= 15 is 0 Å². The number of rotatable bonds is 4. The van der Waals surface area contributed by atoms with E-state index in [2.05, 4.69) is 15.7 Å². The first kappa shape index (κ1) is 12.7. The van der Waals surface area contributed by atoms with Crippen molar-refractivity contribution >= 4 is 5.91 Å². The minimum Gasteiger partial charge on any atom is -0.349 e. The van der Waals surface area contributed by atoms with E-state index in [1.54, 1.807) is 4.68 Å². The average molecular weight is 224 g/mol. The largest absolute Gasteiger partial charge is 0.349 e. The number of amides is 1. The van der Waals surface area contributed by atoms with Crippen LogP contribution in [0.1, 0.15) is 26.5 Å². The van der Waals surface area contributed by atoms with Crippen LogP contribution in [0.3, 0.4) is 0 Å². The lowest BCUT2D eigenvalue weighted by Crippen LogP contribution is -2.43. The molecular formula is C11H20N4O. The minimum atomic E-state index is -0.0393. The Kier molecular flexibility index (Phi) is 4.06. The summed E-state index contributed by atoms with van der Waals surface area (Å²) in [4.78, 5) is 11.5. The average Bonchev–Trinajstić information content (AvgIpc) is 2.57. The third-order valence-electron chi connectivity index (χ3n) is 2.01. The van der Waals surface area contributed by atoms with Crippen molar-refractivity contribution in [3.05, 3.63) is 18.0 Å². The summed E-state index contributed by atoms with van der Waals surface area (Å²) in [5.74, 6) is -0.0134. The van der Waals surface area contributed by atoms with Crippen LogP contribution in [-0.4, -0.2) is 27.8 Å². The number of aromatic nitrogens is 2. The van der Waals surface area contributed by atoms with Crippen LogP contribution >= 0.6 is 0 Å². The zero-order valence-electron chi connectivity index (χ0n) is 10.4. The molecule has 0 bridgehead atoms. The molecule has 0 saturated heterocycles. The van der Waals surface area contributed by atoms with Crippen LogP contribution < -0.4 is 10.6 Å². The highest BCUT2D eigenvalue weighted by atomic mass is 16.1. The zero-order chi connectivity index (χ0) is 12.2. The molecular weight excluding hydrogens is 204 g/mol. The Bertz CT molecular complexity index is 351. The molecule has 0 aliphatic heterocycles. The molecule has 0 unspecified atom stereocenters. The summed E-state index contributed by atoms with van der Waals surface area (Å²) in [7, 11) is 1.85. The molecule has 5 heteroatoms. The van der Waals surface area contributed by atoms with Gasteiger partial charge in [0.15, 0.2) is 0 Å². The number of carbonyl (C=O) groups is 1. The molecule has 1 aromatic rings. The van der Waals surface area contributed by atoms with Gasteiger partial charge < -0.3 is 10.6 Å². The Morgan fingerprint density at radius 1 is 1.50 bits per heavy atom. The van der Waals surface area contributed by atoms with E-state index in [1.165, 1.54) is 0 Å². The number of hydrogen-bond acceptors (Lipinski definition) is 3. The van der Waals surface area contributed by atoms with Gasteiger partial charge in [0.25, 0.3) is 0 Å². The predicted molar refractivity (Wildman–Crippen MR) is 62.8 cm³/mol. The van der Waals surface area contributed by atoms with Crippen molar-refractivity contribution in [2.45, 2.75) is 32.9 Å². The molecule has 5 nitrogen and oxygen atoms in total. The smallest absolute Gasteiger partial charge is 0.234 e. The van der Waals surface area contributed by atoms with Crippen molar-refractivity contribution in [2.24, 2.45) is 7.05 Å². The maximum atomic E-state index is 11.5. The third kappa shape index (κ3) is 4.93. The molecule has 1 amide bonds. The van der Waals surface area contributed by atoms with Crippen LogP contribution in [0.2, 0.25) is 0 Å². The number of nitrogens with one attached hydrogen (secondary N) is 2. The lowest BCUT2D eigenvalue weighted by atomic mass is 10.1. The van der Waals surface area contributed by atoms with Gasteiger partial charge in [-0.2, -0.15) is 5.10 Å². The quantitative estimate of drug-likeness (QED) is 0.779. The first-order valence-electron chi connectivity index (χ1n) is 5.37. The van der Waals surface area contributed by atoms with Crippen LogP contribution in [0, 0.1) is 0 Å². The number of nitrogens with zero attached hydrogens (tertiary/aromatic N) is 2. The van der Waals surface area contributed by atoms with Crippen LogP contribution in [0.15, 0.2) is 12.3 Å². The van der Waals surface area contributed by atoms with E-state index in [9.17, 15) is 4.79 Å². The minimum absolute atomic E-state index is 0.0134. The van der Waals surface area contributed by atoms with Gasteiger partial charge in [0.05, 0.1) is 18.8 Å². The third-order valence-corrected chi connectivity index (χ3v) is 2.01. The molecule has 1 heterocycles. The highest BCUT2D eigenvalue weighted by Crippen LogP contribution is 1.97. The second kappa shape index (κ2) is 5.12. The van der Waals surface area contributed by atoms with E-state index in [4.69, 9.17) is 0 Å². The molecule has 2 N–H and O–H groups in total. The molecule has 0 spiro atoms. The van der Waals surface area contributed by atoms with Crippen molar-refractivity contribution in [3.8, 4) is 0 Å². The van der Waals surface area contributed by atoms with E-state index in [0.717, 1.165) is 5.69 Å². The number of carbonyl (C=O) groups excluding carboxylic acids is 1. The molecule has 16 heavy (non-hydrogen) atoms. The summed E-state index contributed by atoms with van der Waals surface area (Å²) < 4.78 is 1.72. The normalized spacial score (nSPS) is 11.5. The fraction of sp³-hybridized carbons (Fsp3) is 0.636. The van der Waals surface area contributed by atoms with Crippen LogP contribution in [0.5, 0.6) is 0 Å². The predicted octanol–water partition coefficient (Wildman–Crippen LogP) is 0.424. The van der Waals surface area contributed by atoms with Crippen LogP contribution in [0.25, 0.3) is 0 Å². The van der Waals surface area contributed by atoms with Crippen molar-refractivity contribution in [1.82, 2.24) is 20.4 Å². The lowest BCUT2D eigenvalue weighted by molar-refractivity contribution is -0.120. The summed E-state index contributed by atoms with van der Waals surface area (Å²) in [6, 6.07) is 1.89. The van der Waals surface area contributed by atoms with Gasteiger partial charge in [-0.3, -0.25) is 9.48 Å². The lowest BCUT2D eigenvalue weighted by Gasteiger charge is -2.19. The zero-order valence-corrected chi connectivity index (χ0v) is 10.4. The summed E-state index contributed by atoms with van der Waals surface area (Å²) in [6.07, 6.45) is 1.86. The highest BCUT2D eigenvalue weighted by molar-refractivity contribution is 5.77. The van der Waals surface area contributed by atoms with Gasteiger partial charge in [-0.15, -0.1) is 0 Å². The number of aryl methyl sites for hydroxylation is 1. The summed E-state index contributed by atoms with van der Waals surface area (Å²) in [5.41, 5.74) is 0.828. The Balaban J connectivity index is 2.25. The van der Waals surface area contributed by atoms with Crippen molar-refractivity contribution in [3.63, 3.8) is 0 Å². The second-order valence-corrected chi connectivity index (χ2v) is 4.86. The van der Waals surface area contributed by atoms with Crippen LogP contribution in [-0.2, 0) is 18.4 Å². The summed E-state index contributed by atoms with van der Waals surface area (Å²) >= 11 is 0. The Morgan fingerprint density at radius 3 is 2.69 bits per heavy atom. The Morgan fingerprint density at radius 2 is 2.19 bits per heavy atom. The van der Waals surface area contributed by atoms with E-state index in [-0.39, 0.29) is 11.4 Å². The van der Waals surface area contributed by atoms with Gasteiger partial charge in [0.2, 0.25) is 5.91 Å². The molecule has 0 aliphatic carbocycles. The van der Waals surface area contributed by atoms with E-state index < -0.39 is 0 Å². The topological polar surface area (TPSA) is 59.0 Å². The SMILES string of the molecule is Cn1ccc(CNC(=O)CNC(C)(C)C)n1. The van der Waals surface area contributed by atoms with Crippen molar-refractivity contribution < 1.29 is 4.79 Å². The Labute approximate surface area is 96.2 Å². The van der Waals surface area contributed by atoms with Crippen molar-refractivity contribution in [1.29, 1.82) is 0 Å². The second-order valence-electron chi connectivity index (χ2n) is 4.86. The van der Waals surface area contributed by atoms with E-state index in [0.29, 0.717) is 13.1 Å². The fourth-order valence-corrected chi connectivity index (χ4v) is 1.15. The molecule has 0 fully saturated rings. The molecule has 0 radical (unpaired) electrons. The summed E-state index contributed by atoms with van der Waals surface area (Å²) in [5, 5.41) is 10.1. The maximum Gasteiger partial charge on any atom is 0.234 e. The molecule has 0 aromatic carbocycles. The van der Waals surface area contributed by atoms with Gasteiger partial charge in [0, 0.05) is 18.8 Å². The first-order valence-corrected chi connectivity index (χ1v) is 5.37. The maximum absolute atomic E-state index is 11.5. The first-order chi connectivity index (χ1) is 7.37. The van der Waals surface area contributed by atoms with Crippen LogP contribution in [0.4, 0.5) is 0 Å². The molecule has 0 aliphatic rings. The van der Waals surface area contributed by atoms with Gasteiger partial charge in [-0.05, 0) is 26.8 Å². The number of hydrogen-bond donors (Lipinski definition) is 2. The van der Waals surface area contributed by atoms with Gasteiger partial charge >= 0.3 is 0 Å². The highest BCUT2D eigenvalue weighted by Gasteiger charge is 2.11. The molecule has 90 valence electrons. The van der Waals surface area contributed by atoms with Gasteiger partial charge in [-0.25, -0.2) is 0 Å². The Hall–Kier alpha value is -1.36. The monoisotopic (exact) mass is 224 g/mol. The molecule has 0 saturated carbocycles. The molecule has 0 atom stereocenters.